The van der Waals surface area contributed by atoms with Crippen LogP contribution in [0.3, 0.4) is 0 Å². The zero-order valence-electron chi connectivity index (χ0n) is 11.7. The second-order valence-electron chi connectivity index (χ2n) is 4.60. The van der Waals surface area contributed by atoms with Crippen LogP contribution in [-0.2, 0) is 26.6 Å². The highest BCUT2D eigenvalue weighted by Gasteiger charge is 2.12. The van der Waals surface area contributed by atoms with E-state index in [0.717, 1.165) is 34.9 Å². The van der Waals surface area contributed by atoms with Gasteiger partial charge in [0.05, 0.1) is 28.0 Å². The van der Waals surface area contributed by atoms with Crippen LogP contribution in [0.4, 0.5) is 0 Å². The molecule has 0 radical (unpaired) electrons. The number of nitrogens with one attached hydrogen (secondary N) is 1. The SMILES string of the molecule is CCc1nn(C)c(CNCc2ccc(C#N)cc2)c1Cl. The molecule has 20 heavy (non-hydrogen) atoms. The molecule has 0 aliphatic carbocycles. The van der Waals surface area contributed by atoms with Crippen molar-refractivity contribution < 1.29 is 0 Å². The first-order valence-electron chi connectivity index (χ1n) is 6.55. The van der Waals surface area contributed by atoms with Crippen LogP contribution >= 0.6 is 11.6 Å². The second-order valence-corrected chi connectivity index (χ2v) is 4.97. The van der Waals surface area contributed by atoms with Crippen LogP contribution in [0.5, 0.6) is 0 Å². The normalized spacial score (nSPS) is 10.5. The van der Waals surface area contributed by atoms with E-state index in [1.54, 1.807) is 0 Å². The van der Waals surface area contributed by atoms with E-state index in [4.69, 9.17) is 16.9 Å². The lowest BCUT2D eigenvalue weighted by Crippen LogP contribution is -2.15. The maximum Gasteiger partial charge on any atom is 0.0991 e. The number of nitrogens with zero attached hydrogens (tertiary/aromatic N) is 3. The number of aryl methyl sites for hydroxylation is 2. The highest BCUT2D eigenvalue weighted by molar-refractivity contribution is 6.31. The number of nitriles is 1. The summed E-state index contributed by atoms with van der Waals surface area (Å²) in [6.45, 7) is 3.44. The Balaban J connectivity index is 1.96. The molecule has 0 saturated heterocycles. The van der Waals surface area contributed by atoms with Gasteiger partial charge in [-0.05, 0) is 24.1 Å². The molecule has 1 N–H and O–H groups in total. The zero-order chi connectivity index (χ0) is 14.5. The van der Waals surface area contributed by atoms with Crippen LogP contribution in [0.15, 0.2) is 24.3 Å². The largest absolute Gasteiger partial charge is 0.307 e. The lowest BCUT2D eigenvalue weighted by molar-refractivity contribution is 0.623. The van der Waals surface area contributed by atoms with E-state index in [2.05, 4.69) is 16.5 Å². The lowest BCUT2D eigenvalue weighted by Gasteiger charge is -2.06. The number of halogens is 1. The van der Waals surface area contributed by atoms with Gasteiger partial charge >= 0.3 is 0 Å². The molecule has 104 valence electrons. The van der Waals surface area contributed by atoms with Crippen molar-refractivity contribution >= 4 is 11.6 Å². The van der Waals surface area contributed by atoms with E-state index in [-0.39, 0.29) is 0 Å². The van der Waals surface area contributed by atoms with Gasteiger partial charge in [-0.3, -0.25) is 4.68 Å². The number of benzene rings is 1. The molecule has 0 amide bonds. The van der Waals surface area contributed by atoms with Gasteiger partial charge in [-0.2, -0.15) is 10.4 Å². The molecule has 2 rings (SSSR count). The fourth-order valence-electron chi connectivity index (χ4n) is 2.03. The van der Waals surface area contributed by atoms with Gasteiger partial charge < -0.3 is 5.32 Å². The molecule has 1 aromatic heterocycles. The molecule has 0 atom stereocenters. The van der Waals surface area contributed by atoms with Gasteiger partial charge in [-0.25, -0.2) is 0 Å². The smallest absolute Gasteiger partial charge is 0.0991 e. The van der Waals surface area contributed by atoms with Gasteiger partial charge in [0.1, 0.15) is 0 Å². The topological polar surface area (TPSA) is 53.6 Å². The number of hydrogen-bond donors (Lipinski definition) is 1. The third-order valence-corrected chi connectivity index (χ3v) is 3.64. The van der Waals surface area contributed by atoms with E-state index >= 15 is 0 Å². The van der Waals surface area contributed by atoms with Gasteiger partial charge in [0, 0.05) is 20.1 Å². The Kier molecular flexibility index (Phi) is 4.78. The highest BCUT2D eigenvalue weighted by atomic mass is 35.5. The first kappa shape index (κ1) is 14.6. The molecule has 0 saturated carbocycles. The summed E-state index contributed by atoms with van der Waals surface area (Å²) in [5, 5.41) is 17.2. The van der Waals surface area contributed by atoms with Crippen molar-refractivity contribution in [2.45, 2.75) is 26.4 Å². The highest BCUT2D eigenvalue weighted by Crippen LogP contribution is 2.20. The standard InChI is InChI=1S/C15H17ClN4/c1-3-13-15(16)14(20(2)19-13)10-18-9-12-6-4-11(8-17)5-7-12/h4-7,18H,3,9-10H2,1-2H3. The summed E-state index contributed by atoms with van der Waals surface area (Å²) in [7, 11) is 1.91. The Bertz CT molecular complexity index is 623. The molecule has 2 aromatic rings. The van der Waals surface area contributed by atoms with Crippen LogP contribution in [0.2, 0.25) is 5.02 Å². The lowest BCUT2D eigenvalue weighted by atomic mass is 10.1. The average molecular weight is 289 g/mol. The van der Waals surface area contributed by atoms with Gasteiger partial charge in [-0.1, -0.05) is 30.7 Å². The molecule has 1 aromatic carbocycles. The fraction of sp³-hybridized carbons (Fsp3) is 0.333. The van der Waals surface area contributed by atoms with Gasteiger partial charge in [0.15, 0.2) is 0 Å². The fourth-order valence-corrected chi connectivity index (χ4v) is 2.39. The van der Waals surface area contributed by atoms with Crippen LogP contribution in [0.25, 0.3) is 0 Å². The predicted octanol–water partition coefficient (Wildman–Crippen LogP) is 2.80. The monoisotopic (exact) mass is 288 g/mol. The number of rotatable bonds is 5. The van der Waals surface area contributed by atoms with Crippen molar-refractivity contribution in [2.24, 2.45) is 7.05 Å². The minimum atomic E-state index is 0.669. The van der Waals surface area contributed by atoms with E-state index in [1.807, 2.05) is 42.9 Å². The molecule has 0 fully saturated rings. The van der Waals surface area contributed by atoms with Gasteiger partial charge in [-0.15, -0.1) is 0 Å². The molecule has 0 aliphatic rings. The Morgan fingerprint density at radius 2 is 2.00 bits per heavy atom. The maximum atomic E-state index is 8.75. The van der Waals surface area contributed by atoms with Crippen LogP contribution in [0, 0.1) is 11.3 Å². The Hall–Kier alpha value is -1.83. The predicted molar refractivity (Wildman–Crippen MR) is 79.3 cm³/mol. The van der Waals surface area contributed by atoms with E-state index in [1.165, 1.54) is 0 Å². The quantitative estimate of drug-likeness (QED) is 0.920. The number of aromatic nitrogens is 2. The average Bonchev–Trinajstić information content (AvgIpc) is 2.75. The molecule has 0 spiro atoms. The maximum absolute atomic E-state index is 8.75. The summed E-state index contributed by atoms with van der Waals surface area (Å²) < 4.78 is 1.83. The van der Waals surface area contributed by atoms with Crippen molar-refractivity contribution in [1.29, 1.82) is 5.26 Å². The first-order valence-corrected chi connectivity index (χ1v) is 6.93. The molecule has 4 nitrogen and oxygen atoms in total. The molecular formula is C15H17ClN4. The van der Waals surface area contributed by atoms with Crippen molar-refractivity contribution in [3.8, 4) is 6.07 Å². The zero-order valence-corrected chi connectivity index (χ0v) is 12.4. The Morgan fingerprint density at radius 3 is 2.55 bits per heavy atom. The van der Waals surface area contributed by atoms with E-state index in [9.17, 15) is 0 Å². The van der Waals surface area contributed by atoms with Gasteiger partial charge in [0.25, 0.3) is 0 Å². The molecule has 5 heteroatoms. The Labute approximate surface area is 124 Å². The summed E-state index contributed by atoms with van der Waals surface area (Å²) >= 11 is 6.29. The van der Waals surface area contributed by atoms with Crippen LogP contribution in [0.1, 0.15) is 29.4 Å². The minimum Gasteiger partial charge on any atom is -0.307 e. The van der Waals surface area contributed by atoms with E-state index in [0.29, 0.717) is 12.1 Å². The second kappa shape index (κ2) is 6.56. The molecular weight excluding hydrogens is 272 g/mol. The van der Waals surface area contributed by atoms with Crippen molar-refractivity contribution in [3.63, 3.8) is 0 Å². The molecule has 1 heterocycles. The van der Waals surface area contributed by atoms with Crippen molar-refractivity contribution in [2.75, 3.05) is 0 Å². The third-order valence-electron chi connectivity index (χ3n) is 3.21. The summed E-state index contributed by atoms with van der Waals surface area (Å²) in [6, 6.07) is 9.66. The summed E-state index contributed by atoms with van der Waals surface area (Å²) in [4.78, 5) is 0. The van der Waals surface area contributed by atoms with Crippen molar-refractivity contribution in [1.82, 2.24) is 15.1 Å². The Morgan fingerprint density at radius 1 is 1.30 bits per heavy atom. The summed E-state index contributed by atoms with van der Waals surface area (Å²) in [5.74, 6) is 0. The summed E-state index contributed by atoms with van der Waals surface area (Å²) in [5.41, 5.74) is 3.75. The third kappa shape index (κ3) is 3.19. The minimum absolute atomic E-state index is 0.669. The molecule has 0 aliphatic heterocycles. The van der Waals surface area contributed by atoms with Gasteiger partial charge in [0.2, 0.25) is 0 Å². The van der Waals surface area contributed by atoms with Crippen LogP contribution in [-0.4, -0.2) is 9.78 Å². The van der Waals surface area contributed by atoms with E-state index < -0.39 is 0 Å². The molecule has 0 unspecified atom stereocenters. The molecule has 0 bridgehead atoms. The first-order chi connectivity index (χ1) is 9.65. The van der Waals surface area contributed by atoms with Crippen LogP contribution < -0.4 is 5.32 Å². The number of hydrogen-bond acceptors (Lipinski definition) is 3. The summed E-state index contributed by atoms with van der Waals surface area (Å²) in [6.07, 6.45) is 0.836. The van der Waals surface area contributed by atoms with Crippen molar-refractivity contribution in [3.05, 3.63) is 51.8 Å².